The van der Waals surface area contributed by atoms with Gasteiger partial charge in [0.15, 0.2) is 5.82 Å². The summed E-state index contributed by atoms with van der Waals surface area (Å²) in [5, 5.41) is 20.2. The summed E-state index contributed by atoms with van der Waals surface area (Å²) in [6, 6.07) is 9.39. The first-order valence-corrected chi connectivity index (χ1v) is 7.07. The number of nitrogens with one attached hydrogen (secondary N) is 1. The second kappa shape index (κ2) is 6.18. The van der Waals surface area contributed by atoms with Crippen molar-refractivity contribution in [3.05, 3.63) is 36.0 Å². The van der Waals surface area contributed by atoms with Crippen molar-refractivity contribution in [1.29, 1.82) is 5.26 Å². The molecule has 1 aromatic heterocycles. The normalized spacial score (nSPS) is 14.5. The van der Waals surface area contributed by atoms with Gasteiger partial charge in [-0.15, -0.1) is 5.10 Å². The Labute approximate surface area is 123 Å². The molecule has 1 saturated heterocycles. The third-order valence-corrected chi connectivity index (χ3v) is 3.45. The lowest BCUT2D eigenvalue weighted by atomic mass is 10.1. The maximum absolute atomic E-state index is 8.92. The minimum atomic E-state index is 0.610. The molecule has 6 nitrogen and oxygen atoms in total. The quantitative estimate of drug-likeness (QED) is 0.930. The summed E-state index contributed by atoms with van der Waals surface area (Å²) in [5.74, 6) is 1.30. The molecule has 0 bridgehead atoms. The minimum absolute atomic E-state index is 0.610. The molecule has 0 radical (unpaired) electrons. The van der Waals surface area contributed by atoms with Gasteiger partial charge in [0, 0.05) is 18.8 Å². The Bertz CT molecular complexity index is 657. The third-order valence-electron chi connectivity index (χ3n) is 3.45. The monoisotopic (exact) mass is 280 g/mol. The molecule has 1 N–H and O–H groups in total. The molecule has 2 aromatic rings. The fraction of sp³-hybridized carbons (Fsp3) is 0.333. The van der Waals surface area contributed by atoms with Gasteiger partial charge < -0.3 is 10.2 Å². The molecule has 1 fully saturated rings. The van der Waals surface area contributed by atoms with Gasteiger partial charge in [-0.05, 0) is 37.5 Å². The molecule has 0 aliphatic carbocycles. The lowest BCUT2D eigenvalue weighted by molar-refractivity contribution is 0.565. The molecule has 106 valence electrons. The van der Waals surface area contributed by atoms with Crippen LogP contribution in [-0.4, -0.2) is 28.3 Å². The van der Waals surface area contributed by atoms with Crippen molar-refractivity contribution >= 4 is 17.5 Å². The topological polar surface area (TPSA) is 77.7 Å². The molecule has 2 heterocycles. The smallest absolute Gasteiger partial charge is 0.247 e. The average Bonchev–Trinajstić information content (AvgIpc) is 2.56. The van der Waals surface area contributed by atoms with Crippen LogP contribution in [0.4, 0.5) is 17.5 Å². The predicted molar refractivity (Wildman–Crippen MR) is 80.3 cm³/mol. The summed E-state index contributed by atoms with van der Waals surface area (Å²) in [6.45, 7) is 1.96. The van der Waals surface area contributed by atoms with Gasteiger partial charge in [0.25, 0.3) is 0 Å². The molecule has 0 amide bonds. The van der Waals surface area contributed by atoms with Gasteiger partial charge in [0.1, 0.15) is 0 Å². The van der Waals surface area contributed by atoms with Crippen LogP contribution in [0.2, 0.25) is 0 Å². The zero-order valence-electron chi connectivity index (χ0n) is 11.7. The van der Waals surface area contributed by atoms with Crippen molar-refractivity contribution in [2.45, 2.75) is 19.3 Å². The van der Waals surface area contributed by atoms with Crippen molar-refractivity contribution in [3.63, 3.8) is 0 Å². The van der Waals surface area contributed by atoms with Crippen LogP contribution < -0.4 is 10.2 Å². The second-order valence-corrected chi connectivity index (χ2v) is 5.01. The number of hydrogen-bond donors (Lipinski definition) is 1. The average molecular weight is 280 g/mol. The first kappa shape index (κ1) is 13.3. The van der Waals surface area contributed by atoms with Crippen LogP contribution in [0.5, 0.6) is 0 Å². The van der Waals surface area contributed by atoms with E-state index < -0.39 is 0 Å². The number of hydrogen-bond acceptors (Lipinski definition) is 6. The number of nitriles is 1. The van der Waals surface area contributed by atoms with E-state index in [-0.39, 0.29) is 0 Å². The molecule has 3 rings (SSSR count). The number of piperidine rings is 1. The lowest BCUT2D eigenvalue weighted by Gasteiger charge is -2.26. The highest BCUT2D eigenvalue weighted by Gasteiger charge is 2.14. The number of benzene rings is 1. The Morgan fingerprint density at radius 3 is 2.86 bits per heavy atom. The summed E-state index contributed by atoms with van der Waals surface area (Å²) >= 11 is 0. The van der Waals surface area contributed by atoms with Crippen molar-refractivity contribution < 1.29 is 0 Å². The first-order valence-electron chi connectivity index (χ1n) is 7.07. The summed E-state index contributed by atoms with van der Waals surface area (Å²) in [7, 11) is 0. The summed E-state index contributed by atoms with van der Waals surface area (Å²) in [4.78, 5) is 6.67. The number of anilines is 3. The highest BCUT2D eigenvalue weighted by molar-refractivity contribution is 5.58. The Morgan fingerprint density at radius 1 is 1.19 bits per heavy atom. The zero-order valence-corrected chi connectivity index (χ0v) is 11.7. The highest BCUT2D eigenvalue weighted by Crippen LogP contribution is 2.19. The minimum Gasteiger partial charge on any atom is -0.339 e. The molecule has 1 aromatic carbocycles. The first-order chi connectivity index (χ1) is 10.3. The van der Waals surface area contributed by atoms with E-state index in [1.165, 1.54) is 19.3 Å². The number of aromatic nitrogens is 3. The van der Waals surface area contributed by atoms with Gasteiger partial charge in [0.2, 0.25) is 5.95 Å². The van der Waals surface area contributed by atoms with Crippen LogP contribution >= 0.6 is 0 Å². The highest BCUT2D eigenvalue weighted by atomic mass is 15.3. The third kappa shape index (κ3) is 3.26. The van der Waals surface area contributed by atoms with Crippen LogP contribution in [0.1, 0.15) is 24.8 Å². The standard InChI is InChI=1S/C15H16N6/c16-10-12-5-4-6-13(9-12)18-14-11-17-20-15(19-14)21-7-2-1-3-8-21/h4-6,9,11H,1-3,7-8H2,(H,18,19,20). The maximum atomic E-state index is 8.92. The Hall–Kier alpha value is -2.68. The molecule has 6 heteroatoms. The van der Waals surface area contributed by atoms with Gasteiger partial charge in [-0.3, -0.25) is 0 Å². The molecule has 0 atom stereocenters. The van der Waals surface area contributed by atoms with Gasteiger partial charge in [-0.1, -0.05) is 6.07 Å². The van der Waals surface area contributed by atoms with Crippen molar-refractivity contribution in [2.75, 3.05) is 23.3 Å². The van der Waals surface area contributed by atoms with Gasteiger partial charge >= 0.3 is 0 Å². The largest absolute Gasteiger partial charge is 0.339 e. The lowest BCUT2D eigenvalue weighted by Crippen LogP contribution is -2.31. The van der Waals surface area contributed by atoms with Gasteiger partial charge in [-0.2, -0.15) is 15.3 Å². The number of nitrogens with zero attached hydrogens (tertiary/aromatic N) is 5. The molecular weight excluding hydrogens is 264 g/mol. The Kier molecular flexibility index (Phi) is 3.92. The molecule has 1 aliphatic rings. The molecular formula is C15H16N6. The van der Waals surface area contributed by atoms with Crippen LogP contribution in [0.15, 0.2) is 30.5 Å². The van der Waals surface area contributed by atoms with E-state index in [0.29, 0.717) is 17.3 Å². The SMILES string of the molecule is N#Cc1cccc(Nc2cnnc(N3CCCCC3)n2)c1. The molecule has 21 heavy (non-hydrogen) atoms. The van der Waals surface area contributed by atoms with E-state index >= 15 is 0 Å². The second-order valence-electron chi connectivity index (χ2n) is 5.01. The van der Waals surface area contributed by atoms with E-state index in [1.807, 2.05) is 12.1 Å². The summed E-state index contributed by atoms with van der Waals surface area (Å²) in [6.07, 6.45) is 5.20. The van der Waals surface area contributed by atoms with Gasteiger partial charge in [0.05, 0.1) is 17.8 Å². The van der Waals surface area contributed by atoms with Crippen molar-refractivity contribution in [2.24, 2.45) is 0 Å². The van der Waals surface area contributed by atoms with E-state index in [4.69, 9.17) is 5.26 Å². The number of rotatable bonds is 3. The fourth-order valence-electron chi connectivity index (χ4n) is 2.40. The van der Waals surface area contributed by atoms with Gasteiger partial charge in [-0.25, -0.2) is 0 Å². The molecule has 0 saturated carbocycles. The zero-order chi connectivity index (χ0) is 14.5. The maximum Gasteiger partial charge on any atom is 0.247 e. The molecule has 1 aliphatic heterocycles. The van der Waals surface area contributed by atoms with Crippen LogP contribution in [0, 0.1) is 11.3 Å². The van der Waals surface area contributed by atoms with E-state index in [1.54, 1.807) is 18.3 Å². The van der Waals surface area contributed by atoms with Crippen LogP contribution in [0.25, 0.3) is 0 Å². The van der Waals surface area contributed by atoms with Crippen LogP contribution in [0.3, 0.4) is 0 Å². The van der Waals surface area contributed by atoms with E-state index in [9.17, 15) is 0 Å². The molecule has 0 spiro atoms. The molecule has 0 unspecified atom stereocenters. The van der Waals surface area contributed by atoms with E-state index in [2.05, 4.69) is 31.5 Å². The summed E-state index contributed by atoms with van der Waals surface area (Å²) < 4.78 is 0. The Balaban J connectivity index is 1.77. The van der Waals surface area contributed by atoms with E-state index in [0.717, 1.165) is 18.8 Å². The van der Waals surface area contributed by atoms with Crippen LogP contribution in [-0.2, 0) is 0 Å². The van der Waals surface area contributed by atoms with Crippen molar-refractivity contribution in [1.82, 2.24) is 15.2 Å². The fourth-order valence-corrected chi connectivity index (χ4v) is 2.40. The summed E-state index contributed by atoms with van der Waals surface area (Å²) in [5.41, 5.74) is 1.43. The van der Waals surface area contributed by atoms with Crippen molar-refractivity contribution in [3.8, 4) is 6.07 Å². The Morgan fingerprint density at radius 2 is 2.05 bits per heavy atom. The predicted octanol–water partition coefficient (Wildman–Crippen LogP) is 2.48.